The number of nitrogens with zero attached hydrogens (tertiary/aromatic N) is 1. The van der Waals surface area contributed by atoms with Gasteiger partial charge in [0.15, 0.2) is 6.61 Å². The lowest BCUT2D eigenvalue weighted by atomic mass is 10.1. The maximum Gasteiger partial charge on any atom is 0.327 e. The van der Waals surface area contributed by atoms with Crippen LogP contribution in [0.5, 0.6) is 5.75 Å². The smallest absolute Gasteiger partial charge is 0.327 e. The van der Waals surface area contributed by atoms with Gasteiger partial charge in [-0.15, -0.1) is 11.8 Å². The minimum absolute atomic E-state index is 0.129. The maximum atomic E-state index is 12.1. The van der Waals surface area contributed by atoms with Crippen molar-refractivity contribution < 1.29 is 19.4 Å². The molecule has 20 heavy (non-hydrogen) atoms. The van der Waals surface area contributed by atoms with Gasteiger partial charge >= 0.3 is 5.97 Å². The van der Waals surface area contributed by atoms with Gasteiger partial charge in [-0.2, -0.15) is 0 Å². The number of benzene rings is 1. The lowest BCUT2D eigenvalue weighted by Gasteiger charge is -2.21. The summed E-state index contributed by atoms with van der Waals surface area (Å²) in [6.07, 6.45) is 0. The lowest BCUT2D eigenvalue weighted by molar-refractivity contribution is -0.148. The largest absolute Gasteiger partial charge is 0.483 e. The molecule has 0 unspecified atom stereocenters. The van der Waals surface area contributed by atoms with Crippen molar-refractivity contribution in [2.24, 2.45) is 0 Å². The molecule has 5 nitrogen and oxygen atoms in total. The van der Waals surface area contributed by atoms with Gasteiger partial charge in [0.05, 0.1) is 5.88 Å². The number of hydrogen-bond donors (Lipinski definition) is 1. The predicted octanol–water partition coefficient (Wildman–Crippen LogP) is 1.67. The highest BCUT2D eigenvalue weighted by Gasteiger charge is 2.34. The fourth-order valence-corrected chi connectivity index (χ4v) is 3.31. The van der Waals surface area contributed by atoms with Crippen LogP contribution in [0.1, 0.15) is 11.1 Å². The standard InChI is InChI=1S/C14H17NO4S/c1-9-4-3-5-10(2)13(9)19-6-12(16)15-8-20-7-11(15)14(17)18/h3-5,11H,6-8H2,1-2H3,(H,17,18)/t11-/m0/s1. The third kappa shape index (κ3) is 3.07. The monoisotopic (exact) mass is 295 g/mol. The van der Waals surface area contributed by atoms with Gasteiger partial charge in [-0.25, -0.2) is 4.79 Å². The van der Waals surface area contributed by atoms with Crippen molar-refractivity contribution in [3.8, 4) is 5.75 Å². The Hall–Kier alpha value is -1.69. The Kier molecular flexibility index (Phi) is 4.54. The van der Waals surface area contributed by atoms with Crippen molar-refractivity contribution in [2.75, 3.05) is 18.2 Å². The molecule has 6 heteroatoms. The number of para-hydroxylation sites is 1. The van der Waals surface area contributed by atoms with E-state index < -0.39 is 12.0 Å². The van der Waals surface area contributed by atoms with Crippen LogP contribution in [-0.2, 0) is 9.59 Å². The molecule has 1 aromatic rings. The van der Waals surface area contributed by atoms with E-state index in [4.69, 9.17) is 9.84 Å². The molecular formula is C14H17NO4S. The highest BCUT2D eigenvalue weighted by molar-refractivity contribution is 7.99. The minimum atomic E-state index is -0.963. The molecule has 1 amide bonds. The number of amides is 1. The first-order valence-electron chi connectivity index (χ1n) is 6.29. The van der Waals surface area contributed by atoms with Gasteiger partial charge in [0.1, 0.15) is 11.8 Å². The van der Waals surface area contributed by atoms with Crippen molar-refractivity contribution in [2.45, 2.75) is 19.9 Å². The van der Waals surface area contributed by atoms with Crippen LogP contribution in [0.15, 0.2) is 18.2 Å². The molecule has 1 N–H and O–H groups in total. The van der Waals surface area contributed by atoms with Crippen LogP contribution >= 0.6 is 11.8 Å². The first kappa shape index (κ1) is 14.7. The molecule has 108 valence electrons. The average molecular weight is 295 g/mol. The Balaban J connectivity index is 2.00. The number of aryl methyl sites for hydroxylation is 2. The fraction of sp³-hybridized carbons (Fsp3) is 0.429. The van der Waals surface area contributed by atoms with Gasteiger partial charge in [0, 0.05) is 5.75 Å². The second-order valence-electron chi connectivity index (χ2n) is 4.73. The molecule has 1 aliphatic heterocycles. The van der Waals surface area contributed by atoms with Crippen LogP contribution in [0.2, 0.25) is 0 Å². The van der Waals surface area contributed by atoms with E-state index in [0.29, 0.717) is 17.4 Å². The first-order chi connectivity index (χ1) is 9.50. The summed E-state index contributed by atoms with van der Waals surface area (Å²) in [5.74, 6) is 0.288. The number of carbonyl (C=O) groups excluding carboxylic acids is 1. The quantitative estimate of drug-likeness (QED) is 0.915. The molecule has 1 atom stereocenters. The Labute approximate surface area is 121 Å². The molecular weight excluding hydrogens is 278 g/mol. The second-order valence-corrected chi connectivity index (χ2v) is 5.73. The minimum Gasteiger partial charge on any atom is -0.483 e. The van der Waals surface area contributed by atoms with E-state index in [9.17, 15) is 9.59 Å². The fourth-order valence-electron chi connectivity index (χ4n) is 2.14. The molecule has 1 aliphatic rings. The van der Waals surface area contributed by atoms with Gasteiger partial charge in [0.2, 0.25) is 0 Å². The van der Waals surface area contributed by atoms with Crippen LogP contribution in [0.25, 0.3) is 0 Å². The highest BCUT2D eigenvalue weighted by atomic mass is 32.2. The molecule has 0 bridgehead atoms. The maximum absolute atomic E-state index is 12.1. The van der Waals surface area contributed by atoms with E-state index in [1.54, 1.807) is 0 Å². The summed E-state index contributed by atoms with van der Waals surface area (Å²) in [6, 6.07) is 5.02. The summed E-state index contributed by atoms with van der Waals surface area (Å²) in [5.41, 5.74) is 1.92. The number of thioether (sulfide) groups is 1. The van der Waals surface area contributed by atoms with Gasteiger partial charge in [-0.3, -0.25) is 4.79 Å². The van der Waals surface area contributed by atoms with Crippen LogP contribution in [0.4, 0.5) is 0 Å². The number of hydrogen-bond acceptors (Lipinski definition) is 4. The number of carbonyl (C=O) groups is 2. The van der Waals surface area contributed by atoms with Crippen molar-refractivity contribution in [3.63, 3.8) is 0 Å². The van der Waals surface area contributed by atoms with Crippen molar-refractivity contribution >= 4 is 23.6 Å². The average Bonchev–Trinajstić information content (AvgIpc) is 2.87. The number of carboxylic acid groups (broad SMARTS) is 1. The summed E-state index contributed by atoms with van der Waals surface area (Å²) in [5, 5.41) is 9.06. The van der Waals surface area contributed by atoms with Crippen molar-refractivity contribution in [3.05, 3.63) is 29.3 Å². The molecule has 0 aromatic heterocycles. The van der Waals surface area contributed by atoms with Gasteiger partial charge in [0.25, 0.3) is 5.91 Å². The molecule has 1 aromatic carbocycles. The van der Waals surface area contributed by atoms with Crippen LogP contribution in [-0.4, -0.2) is 46.2 Å². The van der Waals surface area contributed by atoms with Crippen molar-refractivity contribution in [1.29, 1.82) is 0 Å². The highest BCUT2D eigenvalue weighted by Crippen LogP contribution is 2.24. The molecule has 0 radical (unpaired) electrons. The molecule has 1 saturated heterocycles. The number of carboxylic acids is 1. The zero-order valence-corrected chi connectivity index (χ0v) is 12.3. The summed E-state index contributed by atoms with van der Waals surface area (Å²) >= 11 is 1.44. The van der Waals surface area contributed by atoms with Gasteiger partial charge in [-0.1, -0.05) is 18.2 Å². The SMILES string of the molecule is Cc1cccc(C)c1OCC(=O)N1CSC[C@H]1C(=O)O. The molecule has 0 spiro atoms. The molecule has 1 heterocycles. The third-order valence-electron chi connectivity index (χ3n) is 3.24. The Morgan fingerprint density at radius 2 is 2.05 bits per heavy atom. The topological polar surface area (TPSA) is 66.8 Å². The Bertz CT molecular complexity index is 512. The van der Waals surface area contributed by atoms with Crippen LogP contribution < -0.4 is 4.74 Å². The van der Waals surface area contributed by atoms with Crippen LogP contribution in [0, 0.1) is 13.8 Å². The zero-order valence-electron chi connectivity index (χ0n) is 11.5. The summed E-state index contributed by atoms with van der Waals surface area (Å²) in [4.78, 5) is 24.5. The molecule has 2 rings (SSSR count). The van der Waals surface area contributed by atoms with Crippen LogP contribution in [0.3, 0.4) is 0 Å². The Morgan fingerprint density at radius 3 is 2.65 bits per heavy atom. The zero-order chi connectivity index (χ0) is 14.7. The van der Waals surface area contributed by atoms with E-state index >= 15 is 0 Å². The molecule has 1 fully saturated rings. The normalized spacial score (nSPS) is 18.1. The number of aliphatic carboxylic acids is 1. The third-order valence-corrected chi connectivity index (χ3v) is 4.25. The molecule has 0 aliphatic carbocycles. The number of ether oxygens (including phenoxy) is 1. The van der Waals surface area contributed by atoms with E-state index in [1.807, 2.05) is 32.0 Å². The lowest BCUT2D eigenvalue weighted by Crippen LogP contribution is -2.43. The van der Waals surface area contributed by atoms with E-state index in [-0.39, 0.29) is 12.5 Å². The summed E-state index contributed by atoms with van der Waals surface area (Å²) in [7, 11) is 0. The van der Waals surface area contributed by atoms with Crippen molar-refractivity contribution in [1.82, 2.24) is 4.90 Å². The van der Waals surface area contributed by atoms with E-state index in [2.05, 4.69) is 0 Å². The second kappa shape index (κ2) is 6.17. The van der Waals surface area contributed by atoms with E-state index in [0.717, 1.165) is 11.1 Å². The summed E-state index contributed by atoms with van der Waals surface area (Å²) in [6.45, 7) is 3.70. The summed E-state index contributed by atoms with van der Waals surface area (Å²) < 4.78 is 5.58. The number of rotatable bonds is 4. The predicted molar refractivity (Wildman–Crippen MR) is 77.0 cm³/mol. The Morgan fingerprint density at radius 1 is 1.40 bits per heavy atom. The first-order valence-corrected chi connectivity index (χ1v) is 7.45. The molecule has 0 saturated carbocycles. The van der Waals surface area contributed by atoms with Gasteiger partial charge < -0.3 is 14.7 Å². The van der Waals surface area contributed by atoms with Gasteiger partial charge in [-0.05, 0) is 25.0 Å². The van der Waals surface area contributed by atoms with E-state index in [1.165, 1.54) is 16.7 Å².